The van der Waals surface area contributed by atoms with Gasteiger partial charge in [-0.1, -0.05) is 78.9 Å². The summed E-state index contributed by atoms with van der Waals surface area (Å²) in [7, 11) is 0. The fraction of sp³-hybridized carbons (Fsp3) is 0.129. The summed E-state index contributed by atoms with van der Waals surface area (Å²) < 4.78 is 0. The molecule has 0 saturated carbocycles. The molecule has 1 aliphatic heterocycles. The SMILES string of the molecule is N#Cc1ccc2c(c1)CN(C(=O)c1ccccc1)[C@H](Cc1ccccc1)CN2.O=C(Cl)c1ccccc1. The van der Waals surface area contributed by atoms with E-state index >= 15 is 0 Å². The number of nitrogens with zero attached hydrogens (tertiary/aromatic N) is 2. The van der Waals surface area contributed by atoms with E-state index in [4.69, 9.17) is 11.6 Å². The molecule has 0 bridgehead atoms. The van der Waals surface area contributed by atoms with E-state index < -0.39 is 5.24 Å². The Morgan fingerprint density at radius 2 is 1.46 bits per heavy atom. The van der Waals surface area contributed by atoms with Gasteiger partial charge >= 0.3 is 0 Å². The van der Waals surface area contributed by atoms with Gasteiger partial charge in [0.05, 0.1) is 17.7 Å². The molecule has 5 nitrogen and oxygen atoms in total. The third kappa shape index (κ3) is 6.84. The monoisotopic (exact) mass is 507 g/mol. The number of hydrogen-bond acceptors (Lipinski definition) is 4. The van der Waals surface area contributed by atoms with E-state index in [1.54, 1.807) is 24.3 Å². The minimum atomic E-state index is -0.407. The lowest BCUT2D eigenvalue weighted by Crippen LogP contribution is -2.43. The van der Waals surface area contributed by atoms with Crippen molar-refractivity contribution in [3.63, 3.8) is 0 Å². The van der Waals surface area contributed by atoms with Gasteiger partial charge in [0.25, 0.3) is 11.1 Å². The van der Waals surface area contributed by atoms with E-state index in [0.29, 0.717) is 29.8 Å². The van der Waals surface area contributed by atoms with Crippen LogP contribution in [0.1, 0.15) is 37.4 Å². The van der Waals surface area contributed by atoms with Crippen molar-refractivity contribution >= 4 is 28.4 Å². The molecule has 0 unspecified atom stereocenters. The molecule has 0 saturated heterocycles. The zero-order valence-electron chi connectivity index (χ0n) is 20.2. The van der Waals surface area contributed by atoms with Gasteiger partial charge < -0.3 is 10.2 Å². The Bertz CT molecular complexity index is 1390. The van der Waals surface area contributed by atoms with E-state index in [1.165, 1.54) is 5.56 Å². The lowest BCUT2D eigenvalue weighted by Gasteiger charge is -2.30. The highest BCUT2D eigenvalue weighted by Crippen LogP contribution is 2.26. The maximum Gasteiger partial charge on any atom is 0.254 e. The molecule has 0 aliphatic carbocycles. The molecule has 4 aromatic carbocycles. The summed E-state index contributed by atoms with van der Waals surface area (Å²) in [5, 5.41) is 12.3. The van der Waals surface area contributed by atoms with Crippen LogP contribution in [0.3, 0.4) is 0 Å². The van der Waals surface area contributed by atoms with Gasteiger partial charge in [0.1, 0.15) is 0 Å². The molecule has 5 rings (SSSR count). The number of benzene rings is 4. The number of fused-ring (bicyclic) bond motifs is 1. The normalized spacial score (nSPS) is 14.1. The molecule has 0 aromatic heterocycles. The van der Waals surface area contributed by atoms with Crippen molar-refractivity contribution in [2.75, 3.05) is 11.9 Å². The summed E-state index contributed by atoms with van der Waals surface area (Å²) in [5.74, 6) is 0.0125. The Morgan fingerprint density at radius 1 is 0.865 bits per heavy atom. The zero-order chi connectivity index (χ0) is 26.0. The first kappa shape index (κ1) is 25.7. The minimum absolute atomic E-state index is 0.00745. The molecule has 0 radical (unpaired) electrons. The number of rotatable bonds is 4. The quantitative estimate of drug-likeness (QED) is 0.329. The van der Waals surface area contributed by atoms with Crippen LogP contribution in [0.15, 0.2) is 109 Å². The molecule has 184 valence electrons. The fourth-order valence-corrected chi connectivity index (χ4v) is 4.37. The van der Waals surface area contributed by atoms with Gasteiger partial charge in [-0.25, -0.2) is 0 Å². The molecule has 1 atom stereocenters. The predicted octanol–water partition coefficient (Wildman–Crippen LogP) is 6.30. The van der Waals surface area contributed by atoms with Crippen molar-refractivity contribution in [3.8, 4) is 6.07 Å². The van der Waals surface area contributed by atoms with Crippen molar-refractivity contribution in [2.24, 2.45) is 0 Å². The molecule has 1 amide bonds. The second-order valence-electron chi connectivity index (χ2n) is 8.65. The number of carbonyl (C=O) groups is 2. The maximum absolute atomic E-state index is 13.4. The summed E-state index contributed by atoms with van der Waals surface area (Å²) in [6.45, 7) is 1.13. The van der Waals surface area contributed by atoms with Crippen LogP contribution >= 0.6 is 11.6 Å². The van der Waals surface area contributed by atoms with Gasteiger partial charge in [0, 0.05) is 29.9 Å². The van der Waals surface area contributed by atoms with Crippen molar-refractivity contribution in [1.29, 1.82) is 5.26 Å². The van der Waals surface area contributed by atoms with Crippen molar-refractivity contribution in [2.45, 2.75) is 19.0 Å². The van der Waals surface area contributed by atoms with Crippen LogP contribution in [0.4, 0.5) is 5.69 Å². The van der Waals surface area contributed by atoms with E-state index in [1.807, 2.05) is 77.7 Å². The number of carbonyl (C=O) groups excluding carboxylic acids is 2. The first-order valence-corrected chi connectivity index (χ1v) is 12.3. The molecule has 6 heteroatoms. The molecule has 1 heterocycles. The first-order chi connectivity index (χ1) is 18.0. The Hall–Kier alpha value is -4.40. The summed E-state index contributed by atoms with van der Waals surface area (Å²) >= 11 is 5.16. The van der Waals surface area contributed by atoms with Crippen LogP contribution in [-0.4, -0.2) is 28.6 Å². The van der Waals surface area contributed by atoms with Crippen LogP contribution in [-0.2, 0) is 13.0 Å². The highest BCUT2D eigenvalue weighted by atomic mass is 35.5. The van der Waals surface area contributed by atoms with Gasteiger partial charge in [-0.2, -0.15) is 5.26 Å². The molecular weight excluding hydrogens is 482 g/mol. The van der Waals surface area contributed by atoms with Crippen LogP contribution < -0.4 is 5.32 Å². The Kier molecular flexibility index (Phi) is 8.70. The average Bonchev–Trinajstić information content (AvgIpc) is 3.13. The Balaban J connectivity index is 0.000000301. The molecule has 0 spiro atoms. The van der Waals surface area contributed by atoms with Crippen LogP contribution in [0.25, 0.3) is 0 Å². The second-order valence-corrected chi connectivity index (χ2v) is 8.99. The fourth-order valence-electron chi connectivity index (χ4n) is 4.24. The third-order valence-electron chi connectivity index (χ3n) is 6.14. The van der Waals surface area contributed by atoms with Gasteiger partial charge in [-0.05, 0) is 59.5 Å². The largest absolute Gasteiger partial charge is 0.383 e. The van der Waals surface area contributed by atoms with E-state index in [9.17, 15) is 14.9 Å². The summed E-state index contributed by atoms with van der Waals surface area (Å²) in [4.78, 5) is 25.7. The Morgan fingerprint density at radius 3 is 2.03 bits per heavy atom. The lowest BCUT2D eigenvalue weighted by atomic mass is 10.0. The lowest BCUT2D eigenvalue weighted by molar-refractivity contribution is 0.0674. The van der Waals surface area contributed by atoms with Crippen LogP contribution in [0, 0.1) is 11.3 Å². The highest BCUT2D eigenvalue weighted by molar-refractivity contribution is 6.67. The second kappa shape index (κ2) is 12.5. The third-order valence-corrected chi connectivity index (χ3v) is 6.36. The standard InChI is InChI=1S/C24H21N3O.C7H5ClO/c25-15-19-11-12-23-21(13-19)17-27(24(28)20-9-5-2-6-10-20)22(16-26-23)14-18-7-3-1-4-8-18;8-7(9)6-4-2-1-3-5-6/h1-13,22,26H,14,16-17H2;1-5H/t22-;/m1./s1. The van der Waals surface area contributed by atoms with Crippen molar-refractivity contribution in [3.05, 3.63) is 137 Å². The topological polar surface area (TPSA) is 73.2 Å². The number of amides is 1. The number of anilines is 1. The molecule has 1 N–H and O–H groups in total. The number of halogens is 1. The first-order valence-electron chi connectivity index (χ1n) is 12.0. The van der Waals surface area contributed by atoms with Crippen molar-refractivity contribution < 1.29 is 9.59 Å². The Labute approximate surface area is 221 Å². The molecule has 1 aliphatic rings. The number of nitriles is 1. The highest BCUT2D eigenvalue weighted by Gasteiger charge is 2.28. The van der Waals surface area contributed by atoms with E-state index in [0.717, 1.165) is 17.7 Å². The number of nitrogens with one attached hydrogen (secondary N) is 1. The van der Waals surface area contributed by atoms with Crippen LogP contribution in [0.5, 0.6) is 0 Å². The van der Waals surface area contributed by atoms with E-state index in [-0.39, 0.29) is 11.9 Å². The predicted molar refractivity (Wildman–Crippen MR) is 147 cm³/mol. The zero-order valence-corrected chi connectivity index (χ0v) is 20.9. The summed E-state index contributed by atoms with van der Waals surface area (Å²) in [6.07, 6.45) is 0.769. The number of hydrogen-bond donors (Lipinski definition) is 1. The van der Waals surface area contributed by atoms with Crippen LogP contribution in [0.2, 0.25) is 0 Å². The van der Waals surface area contributed by atoms with Crippen molar-refractivity contribution in [1.82, 2.24) is 4.90 Å². The average molecular weight is 508 g/mol. The summed E-state index contributed by atoms with van der Waals surface area (Å²) in [5.41, 5.74) is 4.98. The maximum atomic E-state index is 13.4. The van der Waals surface area contributed by atoms with Gasteiger partial charge in [-0.3, -0.25) is 9.59 Å². The molecule has 4 aromatic rings. The van der Waals surface area contributed by atoms with E-state index in [2.05, 4.69) is 23.5 Å². The van der Waals surface area contributed by atoms with Gasteiger partial charge in [0.15, 0.2) is 0 Å². The van der Waals surface area contributed by atoms with Gasteiger partial charge in [-0.15, -0.1) is 0 Å². The molecule has 37 heavy (non-hydrogen) atoms. The smallest absolute Gasteiger partial charge is 0.254 e. The molecular formula is C31H26ClN3O2. The van der Waals surface area contributed by atoms with Gasteiger partial charge in [0.2, 0.25) is 0 Å². The summed E-state index contributed by atoms with van der Waals surface area (Å²) in [6, 6.07) is 36.2. The molecule has 0 fully saturated rings. The minimum Gasteiger partial charge on any atom is -0.383 e.